The van der Waals surface area contributed by atoms with Crippen molar-refractivity contribution in [1.82, 2.24) is 0 Å². The predicted molar refractivity (Wildman–Crippen MR) is 48.6 cm³/mol. The van der Waals surface area contributed by atoms with Crippen molar-refractivity contribution in [2.24, 2.45) is 0 Å². The molecule has 0 aromatic carbocycles. The third kappa shape index (κ3) is 12.7. The molecule has 0 amide bonds. The van der Waals surface area contributed by atoms with E-state index in [0.29, 0.717) is 13.3 Å². The molecule has 0 heterocycles. The monoisotopic (exact) mass is 485 g/mol. The van der Waals surface area contributed by atoms with Crippen molar-refractivity contribution in [1.29, 1.82) is 0 Å². The van der Waals surface area contributed by atoms with E-state index in [0.717, 1.165) is 0 Å². The molecule has 0 aliphatic rings. The second-order valence-corrected chi connectivity index (χ2v) is 17.5. The quantitative estimate of drug-likeness (QED) is 0.391. The van der Waals surface area contributed by atoms with Crippen molar-refractivity contribution >= 4 is 37.2 Å². The van der Waals surface area contributed by atoms with Crippen LogP contribution in [-0.2, 0) is 4.74 Å². The summed E-state index contributed by atoms with van der Waals surface area (Å²) in [4.78, 5) is 0. The molecule has 0 saturated heterocycles. The van der Waals surface area contributed by atoms with Gasteiger partial charge in [0, 0.05) is 13.2 Å². The summed E-state index contributed by atoms with van der Waals surface area (Å²) >= 11 is 5.30. The van der Waals surface area contributed by atoms with Gasteiger partial charge in [-0.15, -0.1) is 13.2 Å². The normalized spacial score (nSPS) is 9.40. The summed E-state index contributed by atoms with van der Waals surface area (Å²) in [5.41, 5.74) is 0. The first-order valence-electron chi connectivity index (χ1n) is 2.32. The van der Waals surface area contributed by atoms with Gasteiger partial charge in [0.1, 0.15) is 0 Å². The standard InChI is InChI=1S/C4H8O3.I3/c1-7-4(2-5)3-6;1-3-2/h4H,2-3H2,1H3;/q-2;-1. The van der Waals surface area contributed by atoms with E-state index in [1.54, 1.807) is 0 Å². The van der Waals surface area contributed by atoms with Crippen molar-refractivity contribution in [3.05, 3.63) is 0 Å². The summed E-state index contributed by atoms with van der Waals surface area (Å²) in [6.45, 7) is -0.861. The molecular weight excluding hydrogens is 477 g/mol. The molecule has 10 heavy (non-hydrogen) atoms. The summed E-state index contributed by atoms with van der Waals surface area (Å²) in [5.74, 6) is 0. The Morgan fingerprint density at radius 1 is 1.40 bits per heavy atom. The summed E-state index contributed by atoms with van der Waals surface area (Å²) in [6, 6.07) is 0. The van der Waals surface area contributed by atoms with Crippen LogP contribution in [0.1, 0.15) is 0 Å². The molecule has 0 saturated carbocycles. The molecule has 0 rings (SSSR count). The molecule has 0 aromatic rings. The number of methoxy groups -OCH3 is 1. The molecule has 0 atom stereocenters. The Morgan fingerprint density at radius 3 is 1.70 bits per heavy atom. The minimum atomic E-state index is -0.625. The molecule has 66 valence electrons. The zero-order valence-electron chi connectivity index (χ0n) is 5.35. The molecule has 3 nitrogen and oxygen atoms in total. The fourth-order valence-corrected chi connectivity index (χ4v) is 0.184. The van der Waals surface area contributed by atoms with E-state index in [-0.39, 0.29) is 0 Å². The molecule has 6 heteroatoms. The van der Waals surface area contributed by atoms with E-state index in [1.165, 1.54) is 7.11 Å². The van der Waals surface area contributed by atoms with Gasteiger partial charge < -0.3 is 14.9 Å². The average Bonchev–Trinajstić information content (AvgIpc) is 1.93. The van der Waals surface area contributed by atoms with E-state index < -0.39 is 19.3 Å². The van der Waals surface area contributed by atoms with Crippen LogP contribution in [0.15, 0.2) is 0 Å². The number of hydrogen-bond acceptors (Lipinski definition) is 3. The fourth-order valence-electron chi connectivity index (χ4n) is 0.184. The summed E-state index contributed by atoms with van der Waals surface area (Å²) in [7, 11) is 1.36. The zero-order valence-corrected chi connectivity index (χ0v) is 11.8. The Labute approximate surface area is 90.5 Å². The topological polar surface area (TPSA) is 55.3 Å². The molecule has 0 aromatic heterocycles. The second kappa shape index (κ2) is 13.6. The minimum absolute atomic E-state index is 0.431. The van der Waals surface area contributed by atoms with E-state index >= 15 is 0 Å². The van der Waals surface area contributed by atoms with E-state index in [9.17, 15) is 10.2 Å². The maximum absolute atomic E-state index is 9.77. The summed E-state index contributed by atoms with van der Waals surface area (Å²) in [6.07, 6.45) is -0.625. The molecule has 0 spiro atoms. The van der Waals surface area contributed by atoms with E-state index in [1.807, 2.05) is 0 Å². The van der Waals surface area contributed by atoms with Crippen molar-refractivity contribution < 1.29 is 28.2 Å². The third-order valence-electron chi connectivity index (χ3n) is 0.705. The molecule has 0 fully saturated rings. The van der Waals surface area contributed by atoms with Crippen molar-refractivity contribution in [3.63, 3.8) is 0 Å². The molecule has 0 unspecified atom stereocenters. The zero-order chi connectivity index (χ0) is 8.41. The van der Waals surface area contributed by atoms with Crippen molar-refractivity contribution in [3.8, 4) is 0 Å². The van der Waals surface area contributed by atoms with Gasteiger partial charge in [0.05, 0.1) is 0 Å². The van der Waals surface area contributed by atoms with Crippen LogP contribution in [0.5, 0.6) is 0 Å². The van der Waals surface area contributed by atoms with Crippen LogP contribution >= 0.6 is 37.2 Å². The SMILES string of the molecule is COC(C[O-])C[O-].I[I-]I. The first-order chi connectivity index (χ1) is 4.76. The van der Waals surface area contributed by atoms with Crippen LogP contribution in [0.2, 0.25) is 0 Å². The Balaban J connectivity index is 0. The number of rotatable bonds is 3. The summed E-state index contributed by atoms with van der Waals surface area (Å²) < 4.78 is 4.42. The Bertz CT molecular complexity index is 45.5. The molecule has 0 bridgehead atoms. The number of ether oxygens (including phenoxy) is 1. The van der Waals surface area contributed by atoms with Gasteiger partial charge in [-0.25, -0.2) is 0 Å². The van der Waals surface area contributed by atoms with E-state index in [2.05, 4.69) is 42.0 Å². The Kier molecular flexibility index (Phi) is 19.9. The predicted octanol–water partition coefficient (Wildman–Crippen LogP) is -3.50. The van der Waals surface area contributed by atoms with Gasteiger partial charge in [-0.1, -0.05) is 0 Å². The fraction of sp³-hybridized carbons (Fsp3) is 1.00. The van der Waals surface area contributed by atoms with Gasteiger partial charge in [0.25, 0.3) is 0 Å². The Morgan fingerprint density at radius 2 is 1.70 bits per heavy atom. The van der Waals surface area contributed by atoms with Crippen LogP contribution in [-0.4, -0.2) is 26.4 Å². The maximum atomic E-state index is 9.77. The molecule has 0 aliphatic heterocycles. The molecular formula is C4H8I3O3-3. The van der Waals surface area contributed by atoms with Crippen molar-refractivity contribution in [2.45, 2.75) is 6.10 Å². The molecule has 0 aliphatic carbocycles. The van der Waals surface area contributed by atoms with Crippen LogP contribution < -0.4 is 23.5 Å². The number of hydrogen-bond donors (Lipinski definition) is 0. The van der Waals surface area contributed by atoms with Gasteiger partial charge >= 0.3 is 50.5 Å². The second-order valence-electron chi connectivity index (χ2n) is 1.25. The van der Waals surface area contributed by atoms with Gasteiger partial charge in [-0.05, 0) is 0 Å². The summed E-state index contributed by atoms with van der Waals surface area (Å²) in [5, 5.41) is 19.5. The Hall–Kier alpha value is 2.07. The van der Waals surface area contributed by atoms with Crippen molar-refractivity contribution in [2.75, 3.05) is 20.3 Å². The van der Waals surface area contributed by atoms with Gasteiger partial charge in [0.15, 0.2) is 0 Å². The first-order valence-corrected chi connectivity index (χ1v) is 14.9. The van der Waals surface area contributed by atoms with Crippen LogP contribution in [0.3, 0.4) is 0 Å². The average molecular weight is 485 g/mol. The van der Waals surface area contributed by atoms with Gasteiger partial charge in [-0.2, -0.15) is 0 Å². The number of halogens is 3. The van der Waals surface area contributed by atoms with E-state index in [4.69, 9.17) is 0 Å². The molecule has 0 N–H and O–H groups in total. The molecule has 0 radical (unpaired) electrons. The van der Waals surface area contributed by atoms with Crippen LogP contribution in [0.25, 0.3) is 0 Å². The van der Waals surface area contributed by atoms with Gasteiger partial charge in [0.2, 0.25) is 0 Å². The van der Waals surface area contributed by atoms with Crippen LogP contribution in [0, 0.1) is 0 Å². The third-order valence-corrected chi connectivity index (χ3v) is 0.705. The van der Waals surface area contributed by atoms with Crippen LogP contribution in [0.4, 0.5) is 0 Å². The first kappa shape index (κ1) is 14.6. The van der Waals surface area contributed by atoms with Gasteiger partial charge in [-0.3, -0.25) is 0 Å².